The van der Waals surface area contributed by atoms with Crippen LogP contribution in [0.1, 0.15) is 11.5 Å². The molecule has 1 heterocycles. The van der Waals surface area contributed by atoms with E-state index in [1.54, 1.807) is 18.3 Å². The predicted octanol–water partition coefficient (Wildman–Crippen LogP) is 4.90. The average molecular weight is 388 g/mol. The molecule has 4 aromatic rings. The summed E-state index contributed by atoms with van der Waals surface area (Å²) in [7, 11) is 0. The standard InChI is InChI=1S/C22H17FN4O2/c23-20-12-11-16(14-24-26-17-7-3-1-4-8-17)13-19(20)22-25-21(29-27-22)15-28-18-9-5-2-6-10-18/h1-14,26H,15H2. The summed E-state index contributed by atoms with van der Waals surface area (Å²) < 4.78 is 25.0. The van der Waals surface area contributed by atoms with Gasteiger partial charge in [0.1, 0.15) is 11.6 Å². The van der Waals surface area contributed by atoms with Crippen molar-refractivity contribution in [2.75, 3.05) is 5.43 Å². The summed E-state index contributed by atoms with van der Waals surface area (Å²) in [4.78, 5) is 4.22. The van der Waals surface area contributed by atoms with Gasteiger partial charge in [0, 0.05) is 0 Å². The molecule has 0 bridgehead atoms. The molecule has 1 N–H and O–H groups in total. The lowest BCUT2D eigenvalue weighted by molar-refractivity contribution is 0.243. The molecule has 6 nitrogen and oxygen atoms in total. The highest BCUT2D eigenvalue weighted by molar-refractivity contribution is 5.82. The van der Waals surface area contributed by atoms with E-state index in [0.717, 1.165) is 5.69 Å². The van der Waals surface area contributed by atoms with Crippen LogP contribution < -0.4 is 10.2 Å². The lowest BCUT2D eigenvalue weighted by atomic mass is 10.1. The lowest BCUT2D eigenvalue weighted by Gasteiger charge is -2.02. The fourth-order valence-electron chi connectivity index (χ4n) is 2.57. The van der Waals surface area contributed by atoms with Crippen molar-refractivity contribution in [3.05, 3.63) is 96.1 Å². The number of hydrazone groups is 1. The molecule has 144 valence electrons. The fourth-order valence-corrected chi connectivity index (χ4v) is 2.57. The second-order valence-electron chi connectivity index (χ2n) is 6.09. The van der Waals surface area contributed by atoms with E-state index < -0.39 is 5.82 Å². The Morgan fingerprint density at radius 1 is 1.00 bits per heavy atom. The topological polar surface area (TPSA) is 72.5 Å². The minimum absolute atomic E-state index is 0.0980. The van der Waals surface area contributed by atoms with Crippen molar-refractivity contribution >= 4 is 11.9 Å². The Bertz CT molecular complexity index is 1100. The number of benzene rings is 3. The number of nitrogens with one attached hydrogen (secondary N) is 1. The Morgan fingerprint density at radius 3 is 2.55 bits per heavy atom. The maximum absolute atomic E-state index is 14.3. The van der Waals surface area contributed by atoms with Gasteiger partial charge in [0.25, 0.3) is 5.89 Å². The van der Waals surface area contributed by atoms with Gasteiger partial charge in [-0.05, 0) is 42.0 Å². The van der Waals surface area contributed by atoms with Gasteiger partial charge in [-0.2, -0.15) is 10.1 Å². The van der Waals surface area contributed by atoms with Crippen molar-refractivity contribution in [2.45, 2.75) is 6.61 Å². The molecule has 0 aliphatic carbocycles. The maximum Gasteiger partial charge on any atom is 0.264 e. The molecular formula is C22H17FN4O2. The normalized spacial score (nSPS) is 10.9. The molecule has 0 saturated carbocycles. The van der Waals surface area contributed by atoms with Crippen LogP contribution in [0.3, 0.4) is 0 Å². The monoisotopic (exact) mass is 388 g/mol. The number of nitrogens with zero attached hydrogens (tertiary/aromatic N) is 3. The first-order valence-electron chi connectivity index (χ1n) is 8.92. The molecule has 7 heteroatoms. The van der Waals surface area contributed by atoms with Crippen molar-refractivity contribution in [2.24, 2.45) is 5.10 Å². The molecule has 0 unspecified atom stereocenters. The number of aromatic nitrogens is 2. The highest BCUT2D eigenvalue weighted by Gasteiger charge is 2.14. The average Bonchev–Trinajstić information content (AvgIpc) is 3.24. The summed E-state index contributed by atoms with van der Waals surface area (Å²) in [6.07, 6.45) is 1.59. The van der Waals surface area contributed by atoms with Crippen LogP contribution >= 0.6 is 0 Å². The van der Waals surface area contributed by atoms with E-state index >= 15 is 0 Å². The molecule has 0 radical (unpaired) electrons. The molecule has 0 saturated heterocycles. The number of halogens is 1. The van der Waals surface area contributed by atoms with Gasteiger partial charge in [-0.25, -0.2) is 4.39 Å². The van der Waals surface area contributed by atoms with E-state index in [9.17, 15) is 4.39 Å². The van der Waals surface area contributed by atoms with E-state index in [2.05, 4.69) is 20.7 Å². The summed E-state index contributed by atoms with van der Waals surface area (Å²) in [5.41, 5.74) is 4.68. The van der Waals surface area contributed by atoms with Gasteiger partial charge >= 0.3 is 0 Å². The van der Waals surface area contributed by atoms with Crippen molar-refractivity contribution in [3.8, 4) is 17.1 Å². The summed E-state index contributed by atoms with van der Waals surface area (Å²) in [5.74, 6) is 0.644. The van der Waals surface area contributed by atoms with Crippen LogP contribution in [0.2, 0.25) is 0 Å². The third kappa shape index (κ3) is 4.84. The number of para-hydroxylation sites is 2. The van der Waals surface area contributed by atoms with E-state index in [4.69, 9.17) is 9.26 Å². The van der Waals surface area contributed by atoms with Crippen molar-refractivity contribution in [1.82, 2.24) is 10.1 Å². The maximum atomic E-state index is 14.3. The Morgan fingerprint density at radius 2 is 1.76 bits per heavy atom. The molecule has 4 rings (SSSR count). The van der Waals surface area contributed by atoms with E-state index in [0.29, 0.717) is 11.3 Å². The van der Waals surface area contributed by atoms with E-state index in [1.165, 1.54) is 6.07 Å². The minimum atomic E-state index is -0.450. The van der Waals surface area contributed by atoms with Gasteiger partial charge in [-0.3, -0.25) is 5.43 Å². The molecule has 1 aromatic heterocycles. The molecule has 0 aliphatic heterocycles. The van der Waals surface area contributed by atoms with Crippen molar-refractivity contribution < 1.29 is 13.7 Å². The zero-order valence-corrected chi connectivity index (χ0v) is 15.3. The third-order valence-electron chi connectivity index (χ3n) is 3.99. The summed E-state index contributed by atoms with van der Waals surface area (Å²) in [6.45, 7) is 0.0980. The lowest BCUT2D eigenvalue weighted by Crippen LogP contribution is -1.96. The van der Waals surface area contributed by atoms with Crippen LogP contribution in [0, 0.1) is 5.82 Å². The fraction of sp³-hybridized carbons (Fsp3) is 0.0455. The van der Waals surface area contributed by atoms with E-state index in [-0.39, 0.29) is 23.9 Å². The first-order chi connectivity index (χ1) is 14.3. The number of anilines is 1. The van der Waals surface area contributed by atoms with Crippen molar-refractivity contribution in [1.29, 1.82) is 0 Å². The van der Waals surface area contributed by atoms with Gasteiger partial charge < -0.3 is 9.26 Å². The van der Waals surface area contributed by atoms with Gasteiger partial charge in [-0.15, -0.1) is 0 Å². The second kappa shape index (κ2) is 8.79. The molecule has 0 amide bonds. The summed E-state index contributed by atoms with van der Waals surface area (Å²) in [5, 5.41) is 8.03. The Labute approximate surface area is 166 Å². The van der Waals surface area contributed by atoms with Gasteiger partial charge in [0.05, 0.1) is 17.5 Å². The van der Waals surface area contributed by atoms with Gasteiger partial charge in [-0.1, -0.05) is 47.6 Å². The molecule has 0 atom stereocenters. The highest BCUT2D eigenvalue weighted by Crippen LogP contribution is 2.21. The number of rotatable bonds is 7. The summed E-state index contributed by atoms with van der Waals surface area (Å²) in [6, 6.07) is 23.4. The SMILES string of the molecule is Fc1ccc(C=NNc2ccccc2)cc1-c1noc(COc2ccccc2)n1. The quantitative estimate of drug-likeness (QED) is 0.360. The second-order valence-corrected chi connectivity index (χ2v) is 6.09. The number of hydrogen-bond acceptors (Lipinski definition) is 6. The van der Waals surface area contributed by atoms with Gasteiger partial charge in [0.15, 0.2) is 6.61 Å². The van der Waals surface area contributed by atoms with Crippen LogP contribution in [0.25, 0.3) is 11.4 Å². The predicted molar refractivity (Wildman–Crippen MR) is 108 cm³/mol. The van der Waals surface area contributed by atoms with Crippen LogP contribution in [0.5, 0.6) is 5.75 Å². The van der Waals surface area contributed by atoms with Crippen molar-refractivity contribution in [3.63, 3.8) is 0 Å². The number of ether oxygens (including phenoxy) is 1. The minimum Gasteiger partial charge on any atom is -0.484 e. The Balaban J connectivity index is 1.45. The first-order valence-corrected chi connectivity index (χ1v) is 8.92. The molecule has 3 aromatic carbocycles. The van der Waals surface area contributed by atoms with E-state index in [1.807, 2.05) is 60.7 Å². The molecule has 0 aliphatic rings. The van der Waals surface area contributed by atoms with Gasteiger partial charge in [0.2, 0.25) is 5.82 Å². The van der Waals surface area contributed by atoms with Crippen LogP contribution in [-0.4, -0.2) is 16.4 Å². The molecule has 29 heavy (non-hydrogen) atoms. The smallest absolute Gasteiger partial charge is 0.264 e. The molecule has 0 fully saturated rings. The zero-order chi connectivity index (χ0) is 19.9. The van der Waals surface area contributed by atoms with Crippen LogP contribution in [-0.2, 0) is 6.61 Å². The van der Waals surface area contributed by atoms with Crippen LogP contribution in [0.4, 0.5) is 10.1 Å². The third-order valence-corrected chi connectivity index (χ3v) is 3.99. The zero-order valence-electron chi connectivity index (χ0n) is 15.3. The number of hydrogen-bond donors (Lipinski definition) is 1. The largest absolute Gasteiger partial charge is 0.484 e. The molecule has 0 spiro atoms. The Kier molecular flexibility index (Phi) is 5.57. The van der Waals surface area contributed by atoms with Crippen LogP contribution in [0.15, 0.2) is 88.5 Å². The Hall–Kier alpha value is -4.00. The highest BCUT2D eigenvalue weighted by atomic mass is 19.1. The molecular weight excluding hydrogens is 371 g/mol. The first kappa shape index (κ1) is 18.4. The summed E-state index contributed by atoms with van der Waals surface area (Å²) >= 11 is 0.